The molecular weight excluding hydrogens is 368 g/mol. The number of fused-ring (bicyclic) bond motifs is 1. The third-order valence-electron chi connectivity index (χ3n) is 5.61. The summed E-state index contributed by atoms with van der Waals surface area (Å²) in [6.45, 7) is 3.03. The monoisotopic (exact) mass is 394 g/mol. The fraction of sp³-hybridized carbons (Fsp3) is 0.375. The molecule has 0 unspecified atom stereocenters. The highest BCUT2D eigenvalue weighted by molar-refractivity contribution is 6.35. The number of hydrogen-bond donors (Lipinski definition) is 0. The average molecular weight is 395 g/mol. The number of aromatic nitrogens is 1. The predicted molar refractivity (Wildman–Crippen MR) is 116 cm³/mol. The molecule has 0 saturated carbocycles. The maximum absolute atomic E-state index is 6.30. The normalized spacial score (nSPS) is 17.7. The Balaban J connectivity index is 1.29. The number of likely N-dealkylation sites (tertiary alicyclic amines) is 1. The van der Waals surface area contributed by atoms with E-state index >= 15 is 0 Å². The number of hydrogen-bond acceptors (Lipinski definition) is 3. The number of rotatable bonds is 7. The molecule has 0 aliphatic carbocycles. The Bertz CT molecular complexity index is 900. The molecule has 28 heavy (non-hydrogen) atoms. The molecule has 0 bridgehead atoms. The zero-order valence-corrected chi connectivity index (χ0v) is 16.9. The molecule has 1 aliphatic rings. The summed E-state index contributed by atoms with van der Waals surface area (Å²) >= 11 is 6.30. The van der Waals surface area contributed by atoms with Crippen LogP contribution in [0.5, 0.6) is 5.75 Å². The van der Waals surface area contributed by atoms with Gasteiger partial charge in [-0.2, -0.15) is 0 Å². The summed E-state index contributed by atoms with van der Waals surface area (Å²) in [7, 11) is 0. The van der Waals surface area contributed by atoms with Gasteiger partial charge in [-0.05, 0) is 62.5 Å². The van der Waals surface area contributed by atoms with E-state index in [0.717, 1.165) is 47.5 Å². The number of piperidine rings is 1. The minimum absolute atomic E-state index is 0.517. The molecule has 0 spiro atoms. The Morgan fingerprint density at radius 1 is 1.00 bits per heavy atom. The highest BCUT2D eigenvalue weighted by Gasteiger charge is 2.23. The van der Waals surface area contributed by atoms with Crippen LogP contribution in [0.3, 0.4) is 0 Å². The van der Waals surface area contributed by atoms with Crippen LogP contribution in [0.2, 0.25) is 5.02 Å². The van der Waals surface area contributed by atoms with E-state index in [1.165, 1.54) is 31.4 Å². The summed E-state index contributed by atoms with van der Waals surface area (Å²) in [6.07, 6.45) is 9.91. The first-order valence-electron chi connectivity index (χ1n) is 10.3. The number of unbranched alkanes of at least 4 members (excludes halogenated alkanes) is 1. The van der Waals surface area contributed by atoms with Gasteiger partial charge in [-0.25, -0.2) is 0 Å². The second-order valence-electron chi connectivity index (χ2n) is 7.48. The smallest absolute Gasteiger partial charge is 0.127 e. The topological polar surface area (TPSA) is 25.4 Å². The Morgan fingerprint density at radius 3 is 2.75 bits per heavy atom. The van der Waals surface area contributed by atoms with Crippen LogP contribution in [0.4, 0.5) is 0 Å². The molecule has 1 atom stereocenters. The molecule has 1 fully saturated rings. The largest absolute Gasteiger partial charge is 0.493 e. The average Bonchev–Trinajstić information content (AvgIpc) is 2.76. The standard InChI is InChI=1S/C24H27ClN2O/c25-22-12-13-24(21-10-2-1-9-20(21)22)28-17-6-5-16-27-15-4-3-11-23(27)19-8-7-14-26-18-19/h1-2,7-10,12-14,18,23H,3-6,11,15-17H2/t23-/m1/s1. The van der Waals surface area contributed by atoms with Crippen LogP contribution in [0.25, 0.3) is 10.8 Å². The molecule has 3 aromatic rings. The quantitative estimate of drug-likeness (QED) is 0.441. The molecule has 4 heteroatoms. The molecule has 1 saturated heterocycles. The predicted octanol–water partition coefficient (Wildman–Crippen LogP) is 6.27. The van der Waals surface area contributed by atoms with Crippen molar-refractivity contribution in [2.75, 3.05) is 19.7 Å². The first kappa shape index (κ1) is 19.2. The van der Waals surface area contributed by atoms with Crippen molar-refractivity contribution in [1.29, 1.82) is 0 Å². The summed E-state index contributed by atoms with van der Waals surface area (Å²) in [5.41, 5.74) is 1.35. The molecular formula is C24H27ClN2O. The van der Waals surface area contributed by atoms with Crippen molar-refractivity contribution in [2.45, 2.75) is 38.1 Å². The van der Waals surface area contributed by atoms with Crippen molar-refractivity contribution in [2.24, 2.45) is 0 Å². The summed E-state index contributed by atoms with van der Waals surface area (Å²) in [5, 5.41) is 2.91. The van der Waals surface area contributed by atoms with E-state index in [2.05, 4.69) is 22.0 Å². The molecule has 1 aliphatic heterocycles. The van der Waals surface area contributed by atoms with Gasteiger partial charge < -0.3 is 4.74 Å². The van der Waals surface area contributed by atoms with Crippen LogP contribution in [-0.2, 0) is 0 Å². The molecule has 0 radical (unpaired) electrons. The van der Waals surface area contributed by atoms with Crippen molar-refractivity contribution in [3.63, 3.8) is 0 Å². The SMILES string of the molecule is Clc1ccc(OCCCCN2CCCC[C@@H]2c2cccnc2)c2ccccc12. The van der Waals surface area contributed by atoms with Crippen molar-refractivity contribution >= 4 is 22.4 Å². The van der Waals surface area contributed by atoms with Gasteiger partial charge in [0.1, 0.15) is 5.75 Å². The number of ether oxygens (including phenoxy) is 1. The lowest BCUT2D eigenvalue weighted by atomic mass is 9.96. The molecule has 3 nitrogen and oxygen atoms in total. The van der Waals surface area contributed by atoms with Gasteiger partial charge in [-0.3, -0.25) is 9.88 Å². The molecule has 2 heterocycles. The molecule has 4 rings (SSSR count). The minimum atomic E-state index is 0.517. The van der Waals surface area contributed by atoms with Gasteiger partial charge >= 0.3 is 0 Å². The van der Waals surface area contributed by atoms with E-state index < -0.39 is 0 Å². The lowest BCUT2D eigenvalue weighted by molar-refractivity contribution is 0.143. The lowest BCUT2D eigenvalue weighted by Gasteiger charge is -2.35. The van der Waals surface area contributed by atoms with Crippen molar-refractivity contribution in [3.8, 4) is 5.75 Å². The summed E-state index contributed by atoms with van der Waals surface area (Å²) in [6, 6.07) is 16.8. The van der Waals surface area contributed by atoms with E-state index in [1.54, 1.807) is 0 Å². The van der Waals surface area contributed by atoms with Crippen LogP contribution in [0, 0.1) is 0 Å². The zero-order chi connectivity index (χ0) is 19.2. The first-order chi connectivity index (χ1) is 13.8. The van der Waals surface area contributed by atoms with Gasteiger partial charge in [0.15, 0.2) is 0 Å². The van der Waals surface area contributed by atoms with Gasteiger partial charge in [0, 0.05) is 34.2 Å². The van der Waals surface area contributed by atoms with Crippen LogP contribution in [-0.4, -0.2) is 29.6 Å². The molecule has 146 valence electrons. The third kappa shape index (κ3) is 4.48. The first-order valence-corrected chi connectivity index (χ1v) is 10.6. The second-order valence-corrected chi connectivity index (χ2v) is 7.89. The molecule has 2 aromatic carbocycles. The Kier molecular flexibility index (Phi) is 6.45. The number of benzene rings is 2. The van der Waals surface area contributed by atoms with Crippen LogP contribution < -0.4 is 4.74 Å². The maximum atomic E-state index is 6.30. The maximum Gasteiger partial charge on any atom is 0.127 e. The number of halogens is 1. The third-order valence-corrected chi connectivity index (χ3v) is 5.94. The van der Waals surface area contributed by atoms with Gasteiger partial charge in [-0.1, -0.05) is 48.4 Å². The van der Waals surface area contributed by atoms with Crippen molar-refractivity contribution in [1.82, 2.24) is 9.88 Å². The van der Waals surface area contributed by atoms with Gasteiger partial charge in [0.25, 0.3) is 0 Å². The molecule has 0 N–H and O–H groups in total. The summed E-state index contributed by atoms with van der Waals surface area (Å²) < 4.78 is 6.09. The van der Waals surface area contributed by atoms with E-state index in [-0.39, 0.29) is 0 Å². The highest BCUT2D eigenvalue weighted by atomic mass is 35.5. The Labute approximate surface area is 172 Å². The van der Waals surface area contributed by atoms with E-state index in [4.69, 9.17) is 16.3 Å². The number of nitrogens with zero attached hydrogens (tertiary/aromatic N) is 2. The van der Waals surface area contributed by atoms with Crippen LogP contribution in [0.15, 0.2) is 60.9 Å². The fourth-order valence-corrected chi connectivity index (χ4v) is 4.40. The zero-order valence-electron chi connectivity index (χ0n) is 16.2. The van der Waals surface area contributed by atoms with Gasteiger partial charge in [0.05, 0.1) is 6.61 Å². The van der Waals surface area contributed by atoms with Crippen molar-refractivity contribution < 1.29 is 4.74 Å². The Hall–Kier alpha value is -2.10. The fourth-order valence-electron chi connectivity index (χ4n) is 4.17. The summed E-state index contributed by atoms with van der Waals surface area (Å²) in [4.78, 5) is 6.94. The van der Waals surface area contributed by atoms with E-state index in [1.807, 2.05) is 48.8 Å². The van der Waals surface area contributed by atoms with E-state index in [0.29, 0.717) is 6.04 Å². The summed E-state index contributed by atoms with van der Waals surface area (Å²) in [5.74, 6) is 0.922. The Morgan fingerprint density at radius 2 is 1.89 bits per heavy atom. The van der Waals surface area contributed by atoms with E-state index in [9.17, 15) is 0 Å². The van der Waals surface area contributed by atoms with Gasteiger partial charge in [0.2, 0.25) is 0 Å². The minimum Gasteiger partial charge on any atom is -0.493 e. The van der Waals surface area contributed by atoms with Crippen molar-refractivity contribution in [3.05, 3.63) is 71.5 Å². The van der Waals surface area contributed by atoms with Crippen LogP contribution in [0.1, 0.15) is 43.7 Å². The lowest BCUT2D eigenvalue weighted by Crippen LogP contribution is -2.34. The highest BCUT2D eigenvalue weighted by Crippen LogP contribution is 2.32. The van der Waals surface area contributed by atoms with Crippen LogP contribution >= 0.6 is 11.6 Å². The molecule has 0 amide bonds. The molecule has 1 aromatic heterocycles. The number of pyridine rings is 1. The second kappa shape index (κ2) is 9.40. The van der Waals surface area contributed by atoms with Gasteiger partial charge in [-0.15, -0.1) is 0 Å².